The van der Waals surface area contributed by atoms with Crippen LogP contribution in [-0.4, -0.2) is 21.0 Å². The number of amides is 1. The lowest BCUT2D eigenvalue weighted by Gasteiger charge is -2.08. The number of hydrogen-bond acceptors (Lipinski definition) is 4. The zero-order valence-corrected chi connectivity index (χ0v) is 13.1. The van der Waals surface area contributed by atoms with Gasteiger partial charge in [-0.05, 0) is 36.2 Å². The van der Waals surface area contributed by atoms with E-state index in [-0.39, 0.29) is 11.4 Å². The lowest BCUT2D eigenvalue weighted by molar-refractivity contribution is 0.0943. The molecule has 0 aliphatic heterocycles. The number of aromatic hydroxyl groups is 1. The predicted molar refractivity (Wildman–Crippen MR) is 88.6 cm³/mol. The summed E-state index contributed by atoms with van der Waals surface area (Å²) in [4.78, 5) is 20.3. The van der Waals surface area contributed by atoms with Crippen molar-refractivity contribution in [3.63, 3.8) is 0 Å². The molecule has 1 aromatic carbocycles. The first kappa shape index (κ1) is 15.2. The van der Waals surface area contributed by atoms with Crippen molar-refractivity contribution in [3.8, 4) is 5.75 Å². The van der Waals surface area contributed by atoms with Gasteiger partial charge in [-0.15, -0.1) is 0 Å². The van der Waals surface area contributed by atoms with Crippen molar-refractivity contribution in [3.05, 3.63) is 64.6 Å². The highest BCUT2D eigenvalue weighted by molar-refractivity contribution is 6.31. The molecule has 2 heterocycles. The minimum Gasteiger partial charge on any atom is -0.504 e. The van der Waals surface area contributed by atoms with Gasteiger partial charge in [0.05, 0.1) is 0 Å². The zero-order valence-electron chi connectivity index (χ0n) is 12.4. The fourth-order valence-corrected chi connectivity index (χ4v) is 2.41. The predicted octanol–water partition coefficient (Wildman–Crippen LogP) is 3.23. The first-order valence-corrected chi connectivity index (χ1v) is 7.40. The van der Waals surface area contributed by atoms with Gasteiger partial charge in [0, 0.05) is 29.3 Å². The number of halogens is 1. The quantitative estimate of drug-likeness (QED) is 0.774. The number of carbonyl (C=O) groups is 1. The maximum atomic E-state index is 12.2. The third kappa shape index (κ3) is 3.10. The van der Waals surface area contributed by atoms with Crippen LogP contribution in [0.15, 0.2) is 42.7 Å². The van der Waals surface area contributed by atoms with E-state index >= 15 is 0 Å². The van der Waals surface area contributed by atoms with Crippen molar-refractivity contribution < 1.29 is 9.90 Å². The molecule has 0 radical (unpaired) electrons. The molecule has 0 saturated heterocycles. The first-order valence-electron chi connectivity index (χ1n) is 7.02. The molecule has 0 saturated carbocycles. The summed E-state index contributed by atoms with van der Waals surface area (Å²) in [5, 5.41) is 14.2. The van der Waals surface area contributed by atoms with Crippen LogP contribution in [0.25, 0.3) is 10.9 Å². The second kappa shape index (κ2) is 6.22. The number of fused-ring (bicyclic) bond motifs is 1. The molecule has 6 heteroatoms. The number of rotatable bonds is 3. The van der Waals surface area contributed by atoms with Crippen LogP contribution in [0.5, 0.6) is 5.75 Å². The van der Waals surface area contributed by atoms with E-state index in [1.807, 2.05) is 19.1 Å². The van der Waals surface area contributed by atoms with E-state index in [0.717, 1.165) is 11.1 Å². The van der Waals surface area contributed by atoms with Crippen LogP contribution in [0.2, 0.25) is 5.02 Å². The van der Waals surface area contributed by atoms with E-state index in [1.54, 1.807) is 24.4 Å². The molecule has 2 aromatic heterocycles. The second-order valence-electron chi connectivity index (χ2n) is 5.16. The molecule has 23 heavy (non-hydrogen) atoms. The van der Waals surface area contributed by atoms with Gasteiger partial charge in [0.25, 0.3) is 5.91 Å². The van der Waals surface area contributed by atoms with E-state index in [0.29, 0.717) is 22.5 Å². The van der Waals surface area contributed by atoms with Crippen molar-refractivity contribution in [2.45, 2.75) is 13.5 Å². The molecule has 0 unspecified atom stereocenters. The summed E-state index contributed by atoms with van der Waals surface area (Å²) in [6.45, 7) is 2.20. The number of aromatic nitrogens is 2. The summed E-state index contributed by atoms with van der Waals surface area (Å²) in [6, 6.07) is 9.08. The Morgan fingerprint density at radius 1 is 1.30 bits per heavy atom. The molecule has 3 aromatic rings. The minimum atomic E-state index is -0.466. The van der Waals surface area contributed by atoms with Crippen LogP contribution >= 0.6 is 11.6 Å². The van der Waals surface area contributed by atoms with Gasteiger partial charge in [0.1, 0.15) is 5.52 Å². The van der Waals surface area contributed by atoms with Crippen molar-refractivity contribution in [2.24, 2.45) is 0 Å². The number of aryl methyl sites for hydroxylation is 1. The number of nitrogens with one attached hydrogen (secondary N) is 1. The fraction of sp³-hybridized carbons (Fsp3) is 0.118. The van der Waals surface area contributed by atoms with E-state index in [4.69, 9.17) is 11.6 Å². The highest BCUT2D eigenvalue weighted by Crippen LogP contribution is 2.24. The summed E-state index contributed by atoms with van der Waals surface area (Å²) < 4.78 is 0. The Morgan fingerprint density at radius 3 is 2.91 bits per heavy atom. The van der Waals surface area contributed by atoms with Gasteiger partial charge in [-0.25, -0.2) is 4.98 Å². The topological polar surface area (TPSA) is 75.1 Å². The number of benzene rings is 1. The van der Waals surface area contributed by atoms with Crippen LogP contribution in [0.1, 0.15) is 21.6 Å². The van der Waals surface area contributed by atoms with E-state index in [1.165, 1.54) is 6.20 Å². The van der Waals surface area contributed by atoms with Crippen LogP contribution in [0.3, 0.4) is 0 Å². The molecule has 0 bridgehead atoms. The Hall–Kier alpha value is -2.66. The number of hydrogen-bond donors (Lipinski definition) is 2. The number of carbonyl (C=O) groups excluding carboxylic acids is 1. The van der Waals surface area contributed by atoms with E-state index < -0.39 is 5.91 Å². The second-order valence-corrected chi connectivity index (χ2v) is 5.57. The summed E-state index contributed by atoms with van der Waals surface area (Å²) >= 11 is 6.06. The molecule has 0 atom stereocenters. The van der Waals surface area contributed by atoms with Crippen LogP contribution in [0, 0.1) is 6.92 Å². The van der Waals surface area contributed by atoms with Crippen LogP contribution in [-0.2, 0) is 6.54 Å². The number of nitrogens with zero attached hydrogens (tertiary/aromatic N) is 2. The maximum absolute atomic E-state index is 12.2. The number of pyridine rings is 2. The molecule has 2 N–H and O–H groups in total. The van der Waals surface area contributed by atoms with Crippen LogP contribution < -0.4 is 5.32 Å². The van der Waals surface area contributed by atoms with Crippen molar-refractivity contribution in [1.82, 2.24) is 15.3 Å². The standard InChI is InChI=1S/C17H14ClN3O2/c1-10-4-5-11(7-13(10)18)8-21-17(23)15-16(22)14-12(9-20-15)3-2-6-19-14/h2-7,9,22H,8H2,1H3,(H,21,23). The Labute approximate surface area is 138 Å². The molecule has 0 aliphatic rings. The molecular formula is C17H14ClN3O2. The Bertz CT molecular complexity index is 896. The summed E-state index contributed by atoms with van der Waals surface area (Å²) in [7, 11) is 0. The maximum Gasteiger partial charge on any atom is 0.274 e. The third-order valence-electron chi connectivity index (χ3n) is 3.52. The Morgan fingerprint density at radius 2 is 2.13 bits per heavy atom. The summed E-state index contributed by atoms with van der Waals surface area (Å²) in [5.41, 5.74) is 2.15. The minimum absolute atomic E-state index is 0.0468. The first-order chi connectivity index (χ1) is 11.1. The smallest absolute Gasteiger partial charge is 0.274 e. The summed E-state index contributed by atoms with van der Waals surface area (Å²) in [5.74, 6) is -0.686. The normalized spacial score (nSPS) is 10.7. The van der Waals surface area contributed by atoms with Crippen molar-refractivity contribution >= 4 is 28.4 Å². The van der Waals surface area contributed by atoms with Gasteiger partial charge in [0.15, 0.2) is 11.4 Å². The van der Waals surface area contributed by atoms with Crippen LogP contribution in [0.4, 0.5) is 0 Å². The van der Waals surface area contributed by atoms with E-state index in [9.17, 15) is 9.90 Å². The van der Waals surface area contributed by atoms with Gasteiger partial charge >= 0.3 is 0 Å². The lowest BCUT2D eigenvalue weighted by atomic mass is 10.1. The van der Waals surface area contributed by atoms with Gasteiger partial charge in [-0.1, -0.05) is 23.7 Å². The molecule has 5 nitrogen and oxygen atoms in total. The molecule has 1 amide bonds. The SMILES string of the molecule is Cc1ccc(CNC(=O)c2ncc3cccnc3c2O)cc1Cl. The zero-order chi connectivity index (χ0) is 16.4. The molecular weight excluding hydrogens is 314 g/mol. The lowest BCUT2D eigenvalue weighted by Crippen LogP contribution is -2.24. The Balaban J connectivity index is 1.80. The molecule has 0 spiro atoms. The van der Waals surface area contributed by atoms with Gasteiger partial charge in [-0.2, -0.15) is 0 Å². The molecule has 0 fully saturated rings. The van der Waals surface area contributed by atoms with Gasteiger partial charge < -0.3 is 10.4 Å². The van der Waals surface area contributed by atoms with Crippen molar-refractivity contribution in [1.29, 1.82) is 0 Å². The average Bonchev–Trinajstić information content (AvgIpc) is 2.56. The summed E-state index contributed by atoms with van der Waals surface area (Å²) in [6.07, 6.45) is 3.07. The highest BCUT2D eigenvalue weighted by Gasteiger charge is 2.16. The largest absolute Gasteiger partial charge is 0.504 e. The fourth-order valence-electron chi connectivity index (χ4n) is 2.21. The third-order valence-corrected chi connectivity index (χ3v) is 3.93. The Kier molecular flexibility index (Phi) is 4.12. The van der Waals surface area contributed by atoms with Gasteiger partial charge in [0.2, 0.25) is 0 Å². The molecule has 3 rings (SSSR count). The highest BCUT2D eigenvalue weighted by atomic mass is 35.5. The van der Waals surface area contributed by atoms with Gasteiger partial charge in [-0.3, -0.25) is 9.78 Å². The average molecular weight is 328 g/mol. The molecule has 0 aliphatic carbocycles. The molecule has 116 valence electrons. The van der Waals surface area contributed by atoms with Crippen molar-refractivity contribution in [2.75, 3.05) is 0 Å². The monoisotopic (exact) mass is 327 g/mol. The van der Waals surface area contributed by atoms with E-state index in [2.05, 4.69) is 15.3 Å².